The van der Waals surface area contributed by atoms with Crippen LogP contribution in [0.5, 0.6) is 0 Å². The Morgan fingerprint density at radius 3 is 2.55 bits per heavy atom. The van der Waals surface area contributed by atoms with Crippen molar-refractivity contribution >= 4 is 0 Å². The molecule has 0 bridgehead atoms. The van der Waals surface area contributed by atoms with Crippen molar-refractivity contribution in [2.45, 2.75) is 26.2 Å². The first kappa shape index (κ1) is 11.3. The fourth-order valence-corrected chi connectivity index (χ4v) is 0.755. The molecular formula is C8H12N2Y-2. The zero-order chi connectivity index (χ0) is 7.56. The van der Waals surface area contributed by atoms with Crippen LogP contribution in [0.3, 0.4) is 0 Å². The molecule has 0 aliphatic carbocycles. The quantitative estimate of drug-likeness (QED) is 0.714. The predicted octanol–water partition coefficient (Wildman–Crippen LogP) is 1.54. The van der Waals surface area contributed by atoms with Gasteiger partial charge in [-0.05, 0) is 5.92 Å². The predicted molar refractivity (Wildman–Crippen MR) is 40.7 cm³/mol. The van der Waals surface area contributed by atoms with Gasteiger partial charge in [0.05, 0.1) is 0 Å². The van der Waals surface area contributed by atoms with E-state index in [2.05, 4.69) is 31.0 Å². The number of hydrogen-bond acceptors (Lipinski definition) is 1. The van der Waals surface area contributed by atoms with E-state index >= 15 is 0 Å². The first-order chi connectivity index (χ1) is 4.74. The van der Waals surface area contributed by atoms with Gasteiger partial charge in [0.1, 0.15) is 0 Å². The van der Waals surface area contributed by atoms with Gasteiger partial charge in [-0.3, -0.25) is 0 Å². The first-order valence-electron chi connectivity index (χ1n) is 3.52. The van der Waals surface area contributed by atoms with Crippen molar-refractivity contribution in [3.05, 3.63) is 24.4 Å². The Bertz CT molecular complexity index is 206. The Balaban J connectivity index is 0.000001000. The maximum atomic E-state index is 4.00. The third-order valence-corrected chi connectivity index (χ3v) is 1.46. The van der Waals surface area contributed by atoms with E-state index in [0.29, 0.717) is 5.92 Å². The Morgan fingerprint density at radius 2 is 2.27 bits per heavy atom. The Hall–Kier alpha value is 0.314. The van der Waals surface area contributed by atoms with Crippen LogP contribution in [0, 0.1) is 6.92 Å². The molecule has 1 radical (unpaired) electrons. The van der Waals surface area contributed by atoms with Gasteiger partial charge in [-0.25, -0.2) is 0 Å². The van der Waals surface area contributed by atoms with Gasteiger partial charge >= 0.3 is 0 Å². The molecule has 1 aromatic rings. The second kappa shape index (κ2) is 5.05. The van der Waals surface area contributed by atoms with Crippen molar-refractivity contribution in [1.29, 1.82) is 0 Å². The molecule has 11 heavy (non-hydrogen) atoms. The molecule has 0 aliphatic heterocycles. The largest absolute Gasteiger partial charge is 0.581 e. The summed E-state index contributed by atoms with van der Waals surface area (Å²) in [5.74, 6) is 0.479. The summed E-state index contributed by atoms with van der Waals surface area (Å²) in [6.07, 6.45) is 0.736. The second-order valence-corrected chi connectivity index (χ2v) is 2.67. The van der Waals surface area contributed by atoms with Gasteiger partial charge in [0.25, 0.3) is 0 Å². The molecule has 0 aromatic carbocycles. The topological polar surface area (TPSA) is 27.0 Å². The Kier molecular flexibility index (Phi) is 5.19. The minimum absolute atomic E-state index is 0. The molecule has 0 amide bonds. The van der Waals surface area contributed by atoms with Gasteiger partial charge in [-0.2, -0.15) is 12.1 Å². The van der Waals surface area contributed by atoms with E-state index in [-0.39, 0.29) is 32.7 Å². The van der Waals surface area contributed by atoms with Crippen LogP contribution in [0.2, 0.25) is 0 Å². The molecule has 0 saturated heterocycles. The number of nitrogens with zero attached hydrogens (tertiary/aromatic N) is 2. The molecule has 1 aromatic heterocycles. The van der Waals surface area contributed by atoms with E-state index in [1.165, 1.54) is 0 Å². The molecule has 0 unspecified atom stereocenters. The summed E-state index contributed by atoms with van der Waals surface area (Å²) >= 11 is 0. The molecule has 0 spiro atoms. The van der Waals surface area contributed by atoms with Gasteiger partial charge < -0.3 is 17.1 Å². The molecule has 59 valence electrons. The van der Waals surface area contributed by atoms with Gasteiger partial charge in [0.2, 0.25) is 0 Å². The van der Waals surface area contributed by atoms with E-state index in [0.717, 1.165) is 17.8 Å². The van der Waals surface area contributed by atoms with Crippen molar-refractivity contribution in [3.8, 4) is 0 Å². The van der Waals surface area contributed by atoms with Crippen LogP contribution in [0.4, 0.5) is 0 Å². The average Bonchev–Trinajstić information content (AvgIpc) is 2.34. The van der Waals surface area contributed by atoms with E-state index in [9.17, 15) is 0 Å². The average molecular weight is 225 g/mol. The minimum Gasteiger partial charge on any atom is -0.581 e. The molecule has 1 heterocycles. The van der Waals surface area contributed by atoms with E-state index < -0.39 is 0 Å². The van der Waals surface area contributed by atoms with Crippen LogP contribution in [-0.4, -0.2) is 5.10 Å². The molecule has 3 heteroatoms. The van der Waals surface area contributed by atoms with Crippen LogP contribution in [0.15, 0.2) is 6.07 Å². The summed E-state index contributed by atoms with van der Waals surface area (Å²) in [4.78, 5) is 0. The zero-order valence-corrected chi connectivity index (χ0v) is 9.88. The maximum Gasteiger partial charge on any atom is 0.0188 e. The summed E-state index contributed by atoms with van der Waals surface area (Å²) in [6, 6.07) is 2.01. The standard InChI is InChI=1S/C8H12N2.Y/c1-4-7-5-8(6(2)3)10-9-7;/h5-6H,1,4H2,2-3H3;/q-2;. The molecular weight excluding hydrogens is 213 g/mol. The summed E-state index contributed by atoms with van der Waals surface area (Å²) in [7, 11) is 0. The molecule has 0 fully saturated rings. The summed E-state index contributed by atoms with van der Waals surface area (Å²) in [5, 5.41) is 7.94. The van der Waals surface area contributed by atoms with Crippen molar-refractivity contribution in [2.75, 3.05) is 0 Å². The fourth-order valence-electron chi connectivity index (χ4n) is 0.755. The van der Waals surface area contributed by atoms with Gasteiger partial charge in [-0.15, -0.1) is 0 Å². The number of rotatable bonds is 2. The summed E-state index contributed by atoms with van der Waals surface area (Å²) < 4.78 is 0. The molecule has 0 aliphatic rings. The number of aromatic nitrogens is 2. The molecule has 0 saturated carbocycles. The summed E-state index contributed by atoms with van der Waals surface area (Å²) in [6.45, 7) is 7.94. The minimum atomic E-state index is 0. The van der Waals surface area contributed by atoms with Crippen molar-refractivity contribution in [1.82, 2.24) is 10.2 Å². The zero-order valence-electron chi connectivity index (χ0n) is 7.04. The van der Waals surface area contributed by atoms with Crippen molar-refractivity contribution in [3.63, 3.8) is 0 Å². The van der Waals surface area contributed by atoms with E-state index in [1.54, 1.807) is 0 Å². The molecule has 0 atom stereocenters. The molecule has 1 rings (SSSR count). The Labute approximate surface area is 93.0 Å². The second-order valence-electron chi connectivity index (χ2n) is 2.67. The Morgan fingerprint density at radius 1 is 1.64 bits per heavy atom. The maximum absolute atomic E-state index is 4.00. The van der Waals surface area contributed by atoms with E-state index in [4.69, 9.17) is 0 Å². The number of hydrogen-bond donors (Lipinski definition) is 0. The molecule has 0 N–H and O–H groups in total. The van der Waals surface area contributed by atoms with Gasteiger partial charge in [0.15, 0.2) is 0 Å². The van der Waals surface area contributed by atoms with Crippen LogP contribution < -0.4 is 5.10 Å². The summed E-state index contributed by atoms with van der Waals surface area (Å²) in [5.41, 5.74) is 2.06. The third kappa shape index (κ3) is 3.04. The van der Waals surface area contributed by atoms with Gasteiger partial charge in [-0.1, -0.05) is 19.9 Å². The SMILES string of the molecule is [CH2-]Cc1cc(C(C)C)n[n-]1.[Y]. The van der Waals surface area contributed by atoms with Gasteiger partial charge in [0, 0.05) is 38.4 Å². The first-order valence-corrected chi connectivity index (χ1v) is 3.52. The molecule has 2 nitrogen and oxygen atoms in total. The monoisotopic (exact) mass is 225 g/mol. The van der Waals surface area contributed by atoms with E-state index in [1.807, 2.05) is 6.07 Å². The van der Waals surface area contributed by atoms with Crippen LogP contribution in [0.25, 0.3) is 0 Å². The smallest absolute Gasteiger partial charge is 0.0188 e. The van der Waals surface area contributed by atoms with Crippen LogP contribution in [-0.2, 0) is 39.1 Å². The van der Waals surface area contributed by atoms with Crippen molar-refractivity contribution in [2.24, 2.45) is 0 Å². The third-order valence-electron chi connectivity index (χ3n) is 1.46. The van der Waals surface area contributed by atoms with Crippen molar-refractivity contribution < 1.29 is 32.7 Å². The van der Waals surface area contributed by atoms with Crippen LogP contribution >= 0.6 is 0 Å². The fraction of sp³-hybridized carbons (Fsp3) is 0.500. The normalized spacial score (nSPS) is 9.82. The van der Waals surface area contributed by atoms with Crippen LogP contribution in [0.1, 0.15) is 31.2 Å².